The number of methoxy groups -OCH3 is 1. The fourth-order valence-electron chi connectivity index (χ4n) is 2.11. The van der Waals surface area contributed by atoms with Crippen molar-refractivity contribution in [2.75, 3.05) is 40.1 Å². The van der Waals surface area contributed by atoms with Crippen LogP contribution in [0.1, 0.15) is 38.7 Å². The summed E-state index contributed by atoms with van der Waals surface area (Å²) in [6.45, 7) is 8.99. The Morgan fingerprint density at radius 3 is 2.29 bits per heavy atom. The minimum absolute atomic E-state index is 0.224. The molecular formula is C17H27N3O4. The smallest absolute Gasteiger partial charge is 0.132 e. The van der Waals surface area contributed by atoms with Gasteiger partial charge in [0.2, 0.25) is 0 Å². The Balaban J connectivity index is 2.61. The molecule has 0 aliphatic carbocycles. The highest BCUT2D eigenvalue weighted by Crippen LogP contribution is 2.38. The first kappa shape index (κ1) is 20.1. The molecule has 7 heteroatoms. The van der Waals surface area contributed by atoms with E-state index in [1.165, 1.54) is 7.11 Å². The SMILES string of the molecule is CCCOCCOCCOc1cc(OC)c(N=[N+]=[N-])cc1C(C)C. The third-order valence-electron chi connectivity index (χ3n) is 3.29. The summed E-state index contributed by atoms with van der Waals surface area (Å²) in [6, 6.07) is 3.56. The summed E-state index contributed by atoms with van der Waals surface area (Å²) in [4.78, 5) is 2.83. The summed E-state index contributed by atoms with van der Waals surface area (Å²) >= 11 is 0. The van der Waals surface area contributed by atoms with Crippen LogP contribution >= 0.6 is 0 Å². The Labute approximate surface area is 143 Å². The molecule has 0 spiro atoms. The highest BCUT2D eigenvalue weighted by molar-refractivity contribution is 5.59. The van der Waals surface area contributed by atoms with Crippen molar-refractivity contribution in [3.05, 3.63) is 28.1 Å². The molecule has 0 heterocycles. The second-order valence-electron chi connectivity index (χ2n) is 5.48. The minimum atomic E-state index is 0.224. The molecule has 134 valence electrons. The first-order valence-corrected chi connectivity index (χ1v) is 8.19. The molecule has 24 heavy (non-hydrogen) atoms. The van der Waals surface area contributed by atoms with Gasteiger partial charge in [0.15, 0.2) is 0 Å². The summed E-state index contributed by atoms with van der Waals surface area (Å²) < 4.78 is 21.9. The number of hydrogen-bond acceptors (Lipinski definition) is 5. The van der Waals surface area contributed by atoms with E-state index in [-0.39, 0.29) is 5.92 Å². The molecule has 0 aliphatic rings. The molecule has 0 atom stereocenters. The molecule has 0 bridgehead atoms. The van der Waals surface area contributed by atoms with Crippen LogP contribution in [-0.2, 0) is 9.47 Å². The van der Waals surface area contributed by atoms with Gasteiger partial charge in [0.25, 0.3) is 0 Å². The number of nitrogens with zero attached hydrogens (tertiary/aromatic N) is 3. The molecule has 1 aromatic carbocycles. The van der Waals surface area contributed by atoms with Crippen LogP contribution in [0.4, 0.5) is 5.69 Å². The largest absolute Gasteiger partial charge is 0.496 e. The number of rotatable bonds is 12. The van der Waals surface area contributed by atoms with Gasteiger partial charge in [-0.05, 0) is 29.5 Å². The summed E-state index contributed by atoms with van der Waals surface area (Å²) in [6.07, 6.45) is 1.01. The fourth-order valence-corrected chi connectivity index (χ4v) is 2.11. The Morgan fingerprint density at radius 2 is 1.71 bits per heavy atom. The van der Waals surface area contributed by atoms with Crippen LogP contribution in [0.2, 0.25) is 0 Å². The zero-order valence-electron chi connectivity index (χ0n) is 14.9. The number of benzene rings is 1. The lowest BCUT2D eigenvalue weighted by molar-refractivity contribution is 0.0364. The number of ether oxygens (including phenoxy) is 4. The van der Waals surface area contributed by atoms with E-state index >= 15 is 0 Å². The maximum atomic E-state index is 8.66. The third kappa shape index (κ3) is 6.66. The second-order valence-corrected chi connectivity index (χ2v) is 5.48. The van der Waals surface area contributed by atoms with E-state index in [2.05, 4.69) is 30.8 Å². The molecule has 1 aromatic rings. The van der Waals surface area contributed by atoms with Crippen LogP contribution < -0.4 is 9.47 Å². The average Bonchev–Trinajstić information content (AvgIpc) is 2.57. The Kier molecular flexibility index (Phi) is 9.68. The Morgan fingerprint density at radius 1 is 1.04 bits per heavy atom. The van der Waals surface area contributed by atoms with Crippen molar-refractivity contribution >= 4 is 5.69 Å². The molecule has 0 saturated heterocycles. The van der Waals surface area contributed by atoms with E-state index in [1.54, 1.807) is 12.1 Å². The molecule has 0 unspecified atom stereocenters. The molecule has 0 fully saturated rings. The van der Waals surface area contributed by atoms with Crippen molar-refractivity contribution in [1.82, 2.24) is 0 Å². The van der Waals surface area contributed by atoms with Gasteiger partial charge in [-0.25, -0.2) is 0 Å². The van der Waals surface area contributed by atoms with E-state index in [1.807, 2.05) is 0 Å². The predicted octanol–water partition coefficient (Wildman–Crippen LogP) is 4.58. The van der Waals surface area contributed by atoms with Crippen LogP contribution in [0.5, 0.6) is 11.5 Å². The van der Waals surface area contributed by atoms with E-state index in [4.69, 9.17) is 24.5 Å². The van der Waals surface area contributed by atoms with Crippen molar-refractivity contribution in [2.24, 2.45) is 5.11 Å². The van der Waals surface area contributed by atoms with Crippen molar-refractivity contribution in [3.63, 3.8) is 0 Å². The Hall–Kier alpha value is -1.95. The normalized spacial score (nSPS) is 10.5. The van der Waals surface area contributed by atoms with Gasteiger partial charge in [-0.2, -0.15) is 0 Å². The zero-order valence-corrected chi connectivity index (χ0v) is 14.9. The first-order valence-electron chi connectivity index (χ1n) is 8.19. The van der Waals surface area contributed by atoms with Crippen LogP contribution in [0.25, 0.3) is 10.4 Å². The fraction of sp³-hybridized carbons (Fsp3) is 0.647. The lowest BCUT2D eigenvalue weighted by atomic mass is 10.0. The summed E-state index contributed by atoms with van der Waals surface area (Å²) in [5, 5.41) is 3.67. The maximum Gasteiger partial charge on any atom is 0.132 e. The molecule has 0 radical (unpaired) electrons. The van der Waals surface area contributed by atoms with Gasteiger partial charge in [0.1, 0.15) is 18.1 Å². The van der Waals surface area contributed by atoms with Crippen LogP contribution in [0.15, 0.2) is 17.2 Å². The van der Waals surface area contributed by atoms with Crippen molar-refractivity contribution in [1.29, 1.82) is 0 Å². The molecule has 1 rings (SSSR count). The molecule has 0 saturated carbocycles. The van der Waals surface area contributed by atoms with E-state index in [0.29, 0.717) is 43.6 Å². The average molecular weight is 337 g/mol. The van der Waals surface area contributed by atoms with Crippen molar-refractivity contribution in [2.45, 2.75) is 33.1 Å². The summed E-state index contributed by atoms with van der Waals surface area (Å²) in [7, 11) is 1.53. The third-order valence-corrected chi connectivity index (χ3v) is 3.29. The molecular weight excluding hydrogens is 310 g/mol. The lowest BCUT2D eigenvalue weighted by Gasteiger charge is -2.17. The molecule has 0 N–H and O–H groups in total. The van der Waals surface area contributed by atoms with Gasteiger partial charge < -0.3 is 18.9 Å². The summed E-state index contributed by atoms with van der Waals surface area (Å²) in [5.74, 6) is 1.42. The van der Waals surface area contributed by atoms with Gasteiger partial charge in [-0.15, -0.1) is 0 Å². The van der Waals surface area contributed by atoms with Crippen molar-refractivity contribution in [3.8, 4) is 11.5 Å². The second kappa shape index (κ2) is 11.6. The quantitative estimate of drug-likeness (QED) is 0.242. The monoisotopic (exact) mass is 337 g/mol. The standard InChI is InChI=1S/C17H27N3O4/c1-5-6-22-7-8-23-9-10-24-16-12-17(21-4)15(19-20-18)11-14(16)13(2)3/h11-13H,5-10H2,1-4H3. The van der Waals surface area contributed by atoms with Crippen LogP contribution in [-0.4, -0.2) is 40.1 Å². The number of hydrogen-bond donors (Lipinski definition) is 0. The van der Waals surface area contributed by atoms with Gasteiger partial charge in [-0.1, -0.05) is 25.9 Å². The highest BCUT2D eigenvalue weighted by atomic mass is 16.5. The predicted molar refractivity (Wildman–Crippen MR) is 93.3 cm³/mol. The molecule has 0 amide bonds. The van der Waals surface area contributed by atoms with Gasteiger partial charge in [0.05, 0.1) is 32.6 Å². The van der Waals surface area contributed by atoms with Crippen LogP contribution in [0.3, 0.4) is 0 Å². The van der Waals surface area contributed by atoms with Crippen LogP contribution in [0, 0.1) is 0 Å². The van der Waals surface area contributed by atoms with Crippen molar-refractivity contribution < 1.29 is 18.9 Å². The molecule has 7 nitrogen and oxygen atoms in total. The first-order chi connectivity index (χ1) is 11.6. The van der Waals surface area contributed by atoms with Gasteiger partial charge in [-0.3, -0.25) is 0 Å². The highest BCUT2D eigenvalue weighted by Gasteiger charge is 2.13. The van der Waals surface area contributed by atoms with E-state index < -0.39 is 0 Å². The molecule has 0 aromatic heterocycles. The molecule has 0 aliphatic heterocycles. The zero-order chi connectivity index (χ0) is 17.8. The summed E-state index contributed by atoms with van der Waals surface area (Å²) in [5.41, 5.74) is 10.1. The van der Waals surface area contributed by atoms with Gasteiger partial charge in [0, 0.05) is 17.6 Å². The van der Waals surface area contributed by atoms with E-state index in [0.717, 1.165) is 18.6 Å². The van der Waals surface area contributed by atoms with E-state index in [9.17, 15) is 0 Å². The number of azide groups is 1. The minimum Gasteiger partial charge on any atom is -0.496 e. The maximum absolute atomic E-state index is 8.66. The van der Waals surface area contributed by atoms with Gasteiger partial charge >= 0.3 is 0 Å². The lowest BCUT2D eigenvalue weighted by Crippen LogP contribution is -2.12. The Bertz CT molecular complexity index is 543. The topological polar surface area (TPSA) is 85.7 Å².